The summed E-state index contributed by atoms with van der Waals surface area (Å²) in [5.74, 6) is 0.940. The Bertz CT molecular complexity index is 744. The largest absolute Gasteiger partial charge is 0.489 e. The smallest absolute Gasteiger partial charge is 0.234 e. The molecule has 0 radical (unpaired) electrons. The van der Waals surface area contributed by atoms with E-state index in [0.29, 0.717) is 13.1 Å². The van der Waals surface area contributed by atoms with Crippen LogP contribution in [0.25, 0.3) is 0 Å². The summed E-state index contributed by atoms with van der Waals surface area (Å²) in [5, 5.41) is 7.32. The van der Waals surface area contributed by atoms with Gasteiger partial charge in [0.2, 0.25) is 5.91 Å². The number of thiophene rings is 1. The Hall–Kier alpha value is -1.89. The lowest BCUT2D eigenvalue weighted by Gasteiger charge is -2.26. The quantitative estimate of drug-likeness (QED) is 0.642. The molecular weight excluding hydrogens is 382 g/mol. The molecule has 1 aromatic heterocycles. The van der Waals surface area contributed by atoms with E-state index in [1.165, 1.54) is 30.4 Å². The molecule has 5 nitrogen and oxygen atoms in total. The van der Waals surface area contributed by atoms with Gasteiger partial charge in [0.25, 0.3) is 0 Å². The minimum atomic E-state index is -0.0703. The Morgan fingerprint density at radius 3 is 2.76 bits per heavy atom. The van der Waals surface area contributed by atoms with E-state index < -0.39 is 0 Å². The van der Waals surface area contributed by atoms with Crippen molar-refractivity contribution < 1.29 is 9.53 Å². The van der Waals surface area contributed by atoms with Gasteiger partial charge in [0.05, 0.1) is 13.1 Å². The van der Waals surface area contributed by atoms with Crippen molar-refractivity contribution in [1.29, 1.82) is 0 Å². The Balaban J connectivity index is 1.41. The van der Waals surface area contributed by atoms with Crippen LogP contribution in [-0.4, -0.2) is 55.0 Å². The van der Waals surface area contributed by atoms with Gasteiger partial charge >= 0.3 is 0 Å². The molecule has 2 heterocycles. The van der Waals surface area contributed by atoms with E-state index in [-0.39, 0.29) is 12.0 Å². The SMILES string of the molecule is CC(CNC(=O)CN1CCCCC1)Oc1cccc(CN(C)Cc2ccsc2)c1. The van der Waals surface area contributed by atoms with Crippen LogP contribution in [0.3, 0.4) is 0 Å². The van der Waals surface area contributed by atoms with E-state index in [1.807, 2.05) is 19.1 Å². The van der Waals surface area contributed by atoms with Crippen LogP contribution < -0.4 is 10.1 Å². The second-order valence-corrected chi connectivity index (χ2v) is 8.80. The standard InChI is InChI=1S/C23H33N3O2S/c1-19(14-24-23(27)17-26-10-4-3-5-11-26)28-22-8-6-7-20(13-22)15-25(2)16-21-9-12-29-18-21/h6-9,12-13,18-19H,3-5,10-11,14-17H2,1-2H3,(H,24,27). The molecule has 0 spiro atoms. The van der Waals surface area contributed by atoms with Crippen LogP contribution in [-0.2, 0) is 17.9 Å². The zero-order valence-electron chi connectivity index (χ0n) is 17.6. The molecule has 29 heavy (non-hydrogen) atoms. The second-order valence-electron chi connectivity index (χ2n) is 8.02. The summed E-state index contributed by atoms with van der Waals surface area (Å²) in [6.45, 7) is 6.90. The van der Waals surface area contributed by atoms with Gasteiger partial charge in [0.1, 0.15) is 11.9 Å². The zero-order chi connectivity index (χ0) is 20.5. The molecule has 6 heteroatoms. The number of ether oxygens (including phenoxy) is 1. The number of benzene rings is 1. The number of rotatable bonds is 10. The van der Waals surface area contributed by atoms with Gasteiger partial charge in [-0.3, -0.25) is 14.6 Å². The van der Waals surface area contributed by atoms with Crippen molar-refractivity contribution in [1.82, 2.24) is 15.1 Å². The van der Waals surface area contributed by atoms with Gasteiger partial charge in [-0.1, -0.05) is 18.6 Å². The molecular formula is C23H33N3O2S. The Kier molecular flexibility index (Phi) is 8.52. The maximum Gasteiger partial charge on any atom is 0.234 e. The fraction of sp³-hybridized carbons (Fsp3) is 0.522. The molecule has 1 fully saturated rings. The Labute approximate surface area is 178 Å². The van der Waals surface area contributed by atoms with E-state index in [2.05, 4.69) is 51.1 Å². The van der Waals surface area contributed by atoms with Gasteiger partial charge in [-0.05, 0) is 80.0 Å². The molecule has 1 atom stereocenters. The van der Waals surface area contributed by atoms with E-state index >= 15 is 0 Å². The Morgan fingerprint density at radius 2 is 2.00 bits per heavy atom. The first-order valence-electron chi connectivity index (χ1n) is 10.5. The topological polar surface area (TPSA) is 44.8 Å². The highest BCUT2D eigenvalue weighted by molar-refractivity contribution is 7.07. The number of carbonyl (C=O) groups is 1. The number of hydrogen-bond donors (Lipinski definition) is 1. The molecule has 1 amide bonds. The monoisotopic (exact) mass is 415 g/mol. The summed E-state index contributed by atoms with van der Waals surface area (Å²) in [6, 6.07) is 10.4. The third kappa shape index (κ3) is 7.80. The van der Waals surface area contributed by atoms with E-state index in [4.69, 9.17) is 4.74 Å². The van der Waals surface area contributed by atoms with Crippen molar-refractivity contribution >= 4 is 17.2 Å². The lowest BCUT2D eigenvalue weighted by molar-refractivity contribution is -0.122. The minimum Gasteiger partial charge on any atom is -0.489 e. The normalized spacial score (nSPS) is 16.0. The summed E-state index contributed by atoms with van der Waals surface area (Å²) < 4.78 is 6.04. The van der Waals surface area contributed by atoms with Crippen LogP contribution in [0.15, 0.2) is 41.1 Å². The van der Waals surface area contributed by atoms with Crippen LogP contribution in [0.5, 0.6) is 5.75 Å². The maximum atomic E-state index is 12.2. The van der Waals surface area contributed by atoms with Gasteiger partial charge in [-0.25, -0.2) is 0 Å². The van der Waals surface area contributed by atoms with Crippen LogP contribution >= 0.6 is 11.3 Å². The number of amides is 1. The third-order valence-electron chi connectivity index (χ3n) is 5.12. The highest BCUT2D eigenvalue weighted by Crippen LogP contribution is 2.17. The lowest BCUT2D eigenvalue weighted by Crippen LogP contribution is -2.42. The number of nitrogens with one attached hydrogen (secondary N) is 1. The summed E-state index contributed by atoms with van der Waals surface area (Å²) in [4.78, 5) is 16.7. The molecule has 1 aromatic carbocycles. The first kappa shape index (κ1) is 21.8. The molecule has 0 aliphatic carbocycles. The van der Waals surface area contributed by atoms with Gasteiger partial charge in [0, 0.05) is 13.1 Å². The van der Waals surface area contributed by atoms with E-state index in [1.54, 1.807) is 11.3 Å². The van der Waals surface area contributed by atoms with Gasteiger partial charge in [-0.15, -0.1) is 0 Å². The highest BCUT2D eigenvalue weighted by atomic mass is 32.1. The highest BCUT2D eigenvalue weighted by Gasteiger charge is 2.14. The Morgan fingerprint density at radius 1 is 1.21 bits per heavy atom. The van der Waals surface area contributed by atoms with Crippen molar-refractivity contribution in [2.24, 2.45) is 0 Å². The van der Waals surface area contributed by atoms with Crippen molar-refractivity contribution in [3.8, 4) is 5.75 Å². The summed E-state index contributed by atoms with van der Waals surface area (Å²) in [6.07, 6.45) is 3.61. The zero-order valence-corrected chi connectivity index (χ0v) is 18.4. The van der Waals surface area contributed by atoms with Crippen LogP contribution in [0, 0.1) is 0 Å². The third-order valence-corrected chi connectivity index (χ3v) is 5.86. The number of hydrogen-bond acceptors (Lipinski definition) is 5. The maximum absolute atomic E-state index is 12.2. The molecule has 1 N–H and O–H groups in total. The molecule has 1 unspecified atom stereocenters. The number of nitrogens with zero attached hydrogens (tertiary/aromatic N) is 2. The fourth-order valence-electron chi connectivity index (χ4n) is 3.69. The van der Waals surface area contributed by atoms with Crippen molar-refractivity contribution in [2.75, 3.05) is 33.2 Å². The van der Waals surface area contributed by atoms with Gasteiger partial charge in [-0.2, -0.15) is 11.3 Å². The first-order valence-corrected chi connectivity index (χ1v) is 11.5. The molecule has 158 valence electrons. The molecule has 1 saturated heterocycles. The summed E-state index contributed by atoms with van der Waals surface area (Å²) in [5.41, 5.74) is 2.57. The van der Waals surface area contributed by atoms with Crippen molar-refractivity contribution in [3.63, 3.8) is 0 Å². The first-order chi connectivity index (χ1) is 14.1. The summed E-state index contributed by atoms with van der Waals surface area (Å²) in [7, 11) is 2.13. The minimum absolute atomic E-state index is 0.0703. The molecule has 1 aliphatic heterocycles. The number of carbonyl (C=O) groups excluding carboxylic acids is 1. The average molecular weight is 416 g/mol. The van der Waals surface area contributed by atoms with Gasteiger partial charge < -0.3 is 10.1 Å². The average Bonchev–Trinajstić information content (AvgIpc) is 3.20. The van der Waals surface area contributed by atoms with Gasteiger partial charge in [0.15, 0.2) is 0 Å². The molecule has 3 rings (SSSR count). The predicted octanol–water partition coefficient (Wildman–Crippen LogP) is 3.75. The molecule has 0 saturated carbocycles. The van der Waals surface area contributed by atoms with Crippen LogP contribution in [0.4, 0.5) is 0 Å². The molecule has 0 bridgehead atoms. The predicted molar refractivity (Wildman–Crippen MR) is 119 cm³/mol. The van der Waals surface area contributed by atoms with Crippen LogP contribution in [0.1, 0.15) is 37.3 Å². The molecule has 2 aromatic rings. The lowest BCUT2D eigenvalue weighted by atomic mass is 10.1. The number of likely N-dealkylation sites (tertiary alicyclic amines) is 1. The summed E-state index contributed by atoms with van der Waals surface area (Å²) >= 11 is 1.73. The van der Waals surface area contributed by atoms with E-state index in [0.717, 1.165) is 31.9 Å². The van der Waals surface area contributed by atoms with Crippen molar-refractivity contribution in [3.05, 3.63) is 52.2 Å². The molecule has 1 aliphatic rings. The fourth-order valence-corrected chi connectivity index (χ4v) is 4.35. The second kappa shape index (κ2) is 11.3. The van der Waals surface area contributed by atoms with E-state index in [9.17, 15) is 4.79 Å². The number of piperidine rings is 1. The van der Waals surface area contributed by atoms with Crippen LogP contribution in [0.2, 0.25) is 0 Å². The van der Waals surface area contributed by atoms with Crippen molar-refractivity contribution in [2.45, 2.75) is 45.4 Å².